The third kappa shape index (κ3) is 4.59. The first kappa shape index (κ1) is 17.1. The van der Waals surface area contributed by atoms with E-state index in [0.717, 1.165) is 17.0 Å². The highest BCUT2D eigenvalue weighted by Gasteiger charge is 2.14. The van der Waals surface area contributed by atoms with Gasteiger partial charge in [0.1, 0.15) is 10.8 Å². The van der Waals surface area contributed by atoms with Crippen molar-refractivity contribution in [3.05, 3.63) is 22.0 Å². The highest BCUT2D eigenvalue weighted by atomic mass is 32.1. The third-order valence-corrected chi connectivity index (χ3v) is 4.14. The normalized spacial score (nSPS) is 10.6. The van der Waals surface area contributed by atoms with Crippen LogP contribution in [-0.2, 0) is 22.4 Å². The largest absolute Gasteiger partial charge is 0.361 e. The molecule has 0 radical (unpaired) electrons. The number of hydrogen-bond acceptors (Lipinski definition) is 7. The lowest BCUT2D eigenvalue weighted by Crippen LogP contribution is -2.23. The first-order valence-corrected chi connectivity index (χ1v) is 7.92. The van der Waals surface area contributed by atoms with Crippen molar-refractivity contribution < 1.29 is 14.1 Å². The number of rotatable bonds is 6. The van der Waals surface area contributed by atoms with Crippen molar-refractivity contribution in [3.8, 4) is 0 Å². The van der Waals surface area contributed by atoms with Crippen molar-refractivity contribution in [2.75, 3.05) is 19.4 Å². The van der Waals surface area contributed by atoms with Gasteiger partial charge in [0.15, 0.2) is 0 Å². The number of likely N-dealkylation sites (N-methyl/N-ethyl adjacent to an activating group) is 1. The molecule has 0 unspecified atom stereocenters. The van der Waals surface area contributed by atoms with Gasteiger partial charge in [-0.3, -0.25) is 9.59 Å². The Kier molecular flexibility index (Phi) is 5.43. The van der Waals surface area contributed by atoms with Crippen LogP contribution in [0.2, 0.25) is 0 Å². The van der Waals surface area contributed by atoms with Gasteiger partial charge in [-0.15, -0.1) is 10.2 Å². The number of nitrogens with one attached hydrogen (secondary N) is 1. The number of aromatic nitrogens is 3. The fraction of sp³-hybridized carbons (Fsp3) is 0.500. The monoisotopic (exact) mass is 337 g/mol. The smallest absolute Gasteiger partial charge is 0.229 e. The van der Waals surface area contributed by atoms with Gasteiger partial charge < -0.3 is 14.7 Å². The standard InChI is InChI=1S/C14H19N5O3S/c1-8-10(9(2)22-18-8)5-6-11(20)15-14-17-16-12(23-14)7-13(21)19(3)4/h5-7H2,1-4H3,(H,15,17,20). The lowest BCUT2D eigenvalue weighted by molar-refractivity contribution is -0.128. The second-order valence-electron chi connectivity index (χ2n) is 5.32. The van der Waals surface area contributed by atoms with Crippen molar-refractivity contribution in [2.24, 2.45) is 0 Å². The van der Waals surface area contributed by atoms with E-state index in [1.807, 2.05) is 13.8 Å². The average molecular weight is 337 g/mol. The Bertz CT molecular complexity index is 688. The predicted molar refractivity (Wildman–Crippen MR) is 85.2 cm³/mol. The molecule has 1 N–H and O–H groups in total. The molecule has 9 heteroatoms. The molecule has 0 aliphatic rings. The molecule has 8 nitrogen and oxygen atoms in total. The van der Waals surface area contributed by atoms with E-state index in [4.69, 9.17) is 4.52 Å². The average Bonchev–Trinajstić information content (AvgIpc) is 3.04. The molecule has 0 bridgehead atoms. The van der Waals surface area contributed by atoms with Crippen LogP contribution in [0.3, 0.4) is 0 Å². The molecule has 0 fully saturated rings. The highest BCUT2D eigenvalue weighted by Crippen LogP contribution is 2.18. The first-order valence-electron chi connectivity index (χ1n) is 7.11. The molecule has 2 amide bonds. The summed E-state index contributed by atoms with van der Waals surface area (Å²) in [6, 6.07) is 0. The molecule has 0 saturated carbocycles. The minimum Gasteiger partial charge on any atom is -0.361 e. The first-order chi connectivity index (χ1) is 10.9. The Labute approximate surface area is 137 Å². The summed E-state index contributed by atoms with van der Waals surface area (Å²) in [6.07, 6.45) is 1.03. The van der Waals surface area contributed by atoms with Crippen LogP contribution in [0.15, 0.2) is 4.52 Å². The topological polar surface area (TPSA) is 101 Å². The van der Waals surface area contributed by atoms with Gasteiger partial charge in [-0.1, -0.05) is 16.5 Å². The van der Waals surface area contributed by atoms with Gasteiger partial charge in [0.05, 0.1) is 12.1 Å². The van der Waals surface area contributed by atoms with E-state index < -0.39 is 0 Å². The predicted octanol–water partition coefficient (Wildman–Crippen LogP) is 1.34. The lowest BCUT2D eigenvalue weighted by Gasteiger charge is -2.07. The van der Waals surface area contributed by atoms with Gasteiger partial charge >= 0.3 is 0 Å². The maximum atomic E-state index is 12.0. The van der Waals surface area contributed by atoms with Gasteiger partial charge in [-0.05, 0) is 20.3 Å². The van der Waals surface area contributed by atoms with E-state index in [2.05, 4.69) is 20.7 Å². The molecule has 0 aromatic carbocycles. The number of aryl methyl sites for hydroxylation is 2. The summed E-state index contributed by atoms with van der Waals surface area (Å²) in [4.78, 5) is 25.1. The van der Waals surface area contributed by atoms with Gasteiger partial charge in [-0.25, -0.2) is 0 Å². The maximum absolute atomic E-state index is 12.0. The highest BCUT2D eigenvalue weighted by molar-refractivity contribution is 7.15. The zero-order valence-electron chi connectivity index (χ0n) is 13.5. The Hall–Kier alpha value is -2.29. The molecule has 0 aliphatic heterocycles. The zero-order valence-corrected chi connectivity index (χ0v) is 14.4. The van der Waals surface area contributed by atoms with Gasteiger partial charge in [0.2, 0.25) is 16.9 Å². The van der Waals surface area contributed by atoms with Crippen molar-refractivity contribution in [1.82, 2.24) is 20.3 Å². The Morgan fingerprint density at radius 2 is 2.00 bits per heavy atom. The molecule has 124 valence electrons. The van der Waals surface area contributed by atoms with E-state index in [9.17, 15) is 9.59 Å². The molecule has 2 aromatic heterocycles. The molecule has 23 heavy (non-hydrogen) atoms. The molecular formula is C14H19N5O3S. The van der Waals surface area contributed by atoms with E-state index in [1.54, 1.807) is 14.1 Å². The molecule has 2 heterocycles. The van der Waals surface area contributed by atoms with E-state index in [0.29, 0.717) is 23.0 Å². The number of carbonyl (C=O) groups excluding carboxylic acids is 2. The quantitative estimate of drug-likeness (QED) is 0.853. The summed E-state index contributed by atoms with van der Waals surface area (Å²) in [7, 11) is 3.36. The number of nitrogens with zero attached hydrogens (tertiary/aromatic N) is 4. The van der Waals surface area contributed by atoms with E-state index >= 15 is 0 Å². The number of amides is 2. The maximum Gasteiger partial charge on any atom is 0.229 e. The van der Waals surface area contributed by atoms with Crippen molar-refractivity contribution in [3.63, 3.8) is 0 Å². The van der Waals surface area contributed by atoms with Crippen LogP contribution in [0.5, 0.6) is 0 Å². The van der Waals surface area contributed by atoms with Crippen LogP contribution in [0.1, 0.15) is 28.4 Å². The third-order valence-electron chi connectivity index (χ3n) is 3.30. The molecule has 0 atom stereocenters. The molecule has 2 aromatic rings. The van der Waals surface area contributed by atoms with Crippen molar-refractivity contribution >= 4 is 28.3 Å². The van der Waals surface area contributed by atoms with E-state index in [-0.39, 0.29) is 18.2 Å². The molecule has 0 spiro atoms. The summed E-state index contributed by atoms with van der Waals surface area (Å²) in [6.45, 7) is 3.68. The van der Waals surface area contributed by atoms with Crippen LogP contribution in [-0.4, -0.2) is 46.2 Å². The van der Waals surface area contributed by atoms with Crippen LogP contribution in [0, 0.1) is 13.8 Å². The van der Waals surface area contributed by atoms with E-state index in [1.165, 1.54) is 16.2 Å². The molecule has 2 rings (SSSR count). The van der Waals surface area contributed by atoms with Gasteiger partial charge in [-0.2, -0.15) is 0 Å². The number of carbonyl (C=O) groups is 2. The van der Waals surface area contributed by atoms with Crippen LogP contribution >= 0.6 is 11.3 Å². The van der Waals surface area contributed by atoms with Crippen LogP contribution < -0.4 is 5.32 Å². The molecule has 0 aliphatic carbocycles. The second kappa shape index (κ2) is 7.32. The number of hydrogen-bond donors (Lipinski definition) is 1. The Morgan fingerprint density at radius 1 is 1.26 bits per heavy atom. The Morgan fingerprint density at radius 3 is 2.61 bits per heavy atom. The Balaban J connectivity index is 1.86. The fourth-order valence-electron chi connectivity index (χ4n) is 1.94. The summed E-state index contributed by atoms with van der Waals surface area (Å²) >= 11 is 1.20. The molecular weight excluding hydrogens is 318 g/mol. The van der Waals surface area contributed by atoms with Crippen LogP contribution in [0.25, 0.3) is 0 Å². The zero-order chi connectivity index (χ0) is 17.0. The minimum atomic E-state index is -0.161. The minimum absolute atomic E-state index is 0.0579. The molecule has 0 saturated heterocycles. The summed E-state index contributed by atoms with van der Waals surface area (Å²) in [5.74, 6) is 0.514. The number of anilines is 1. The van der Waals surface area contributed by atoms with Crippen molar-refractivity contribution in [2.45, 2.75) is 33.1 Å². The summed E-state index contributed by atoms with van der Waals surface area (Å²) in [5, 5.41) is 15.3. The van der Waals surface area contributed by atoms with Gasteiger partial charge in [0.25, 0.3) is 0 Å². The fourth-order valence-corrected chi connectivity index (χ4v) is 2.69. The lowest BCUT2D eigenvalue weighted by atomic mass is 10.1. The van der Waals surface area contributed by atoms with Gasteiger partial charge in [0, 0.05) is 26.1 Å². The summed E-state index contributed by atoms with van der Waals surface area (Å²) in [5.41, 5.74) is 1.75. The van der Waals surface area contributed by atoms with Crippen molar-refractivity contribution in [1.29, 1.82) is 0 Å². The second-order valence-corrected chi connectivity index (χ2v) is 6.38. The summed E-state index contributed by atoms with van der Waals surface area (Å²) < 4.78 is 5.07. The van der Waals surface area contributed by atoms with Crippen LogP contribution in [0.4, 0.5) is 5.13 Å². The SMILES string of the molecule is Cc1noc(C)c1CCC(=O)Nc1nnc(CC(=O)N(C)C)s1.